The third kappa shape index (κ3) is 6.70. The van der Waals surface area contributed by atoms with Crippen LogP contribution in [0.2, 0.25) is 0 Å². The molecular formula is C15H25N3O. The molecule has 3 N–H and O–H groups in total. The normalized spacial score (nSPS) is 12.0. The van der Waals surface area contributed by atoms with Crippen molar-refractivity contribution in [3.63, 3.8) is 0 Å². The van der Waals surface area contributed by atoms with Crippen LogP contribution in [0, 0.1) is 5.92 Å². The van der Waals surface area contributed by atoms with E-state index in [-0.39, 0.29) is 6.10 Å². The van der Waals surface area contributed by atoms with Gasteiger partial charge in [-0.25, -0.2) is 4.99 Å². The van der Waals surface area contributed by atoms with Gasteiger partial charge in [0.2, 0.25) is 0 Å². The van der Waals surface area contributed by atoms with Crippen molar-refractivity contribution in [2.24, 2.45) is 16.6 Å². The van der Waals surface area contributed by atoms with Crippen LogP contribution in [-0.4, -0.2) is 18.6 Å². The number of rotatable bonds is 6. The Morgan fingerprint density at radius 1 is 1.21 bits per heavy atom. The average Bonchev–Trinajstić information content (AvgIpc) is 2.35. The summed E-state index contributed by atoms with van der Waals surface area (Å²) in [6.45, 7) is 9.72. The molecule has 0 aliphatic rings. The van der Waals surface area contributed by atoms with Gasteiger partial charge in [-0.2, -0.15) is 0 Å². The second-order valence-electron chi connectivity index (χ2n) is 5.29. The SMILES string of the molecule is CC(C)CNC(N)=NCc1ccc(OC(C)C)cc1. The van der Waals surface area contributed by atoms with Gasteiger partial charge in [0.25, 0.3) is 0 Å². The number of ether oxygens (including phenoxy) is 1. The molecule has 0 atom stereocenters. The Bertz CT molecular complexity index is 396. The van der Waals surface area contributed by atoms with Crippen LogP contribution >= 0.6 is 0 Å². The number of nitrogens with two attached hydrogens (primary N) is 1. The Morgan fingerprint density at radius 3 is 2.37 bits per heavy atom. The average molecular weight is 263 g/mol. The Balaban J connectivity index is 2.46. The van der Waals surface area contributed by atoms with Gasteiger partial charge in [-0.05, 0) is 37.5 Å². The van der Waals surface area contributed by atoms with Crippen molar-refractivity contribution in [1.29, 1.82) is 0 Å². The number of hydrogen-bond donors (Lipinski definition) is 2. The van der Waals surface area contributed by atoms with Crippen LogP contribution in [0.15, 0.2) is 29.3 Å². The molecule has 1 aromatic rings. The summed E-state index contributed by atoms with van der Waals surface area (Å²) < 4.78 is 5.59. The molecule has 0 heterocycles. The zero-order valence-corrected chi connectivity index (χ0v) is 12.3. The summed E-state index contributed by atoms with van der Waals surface area (Å²) >= 11 is 0. The highest BCUT2D eigenvalue weighted by Crippen LogP contribution is 2.14. The van der Waals surface area contributed by atoms with E-state index >= 15 is 0 Å². The Labute approximate surface area is 116 Å². The van der Waals surface area contributed by atoms with Crippen LogP contribution in [0.1, 0.15) is 33.3 Å². The minimum absolute atomic E-state index is 0.194. The molecule has 0 saturated carbocycles. The molecule has 1 aromatic carbocycles. The molecule has 0 saturated heterocycles. The maximum Gasteiger partial charge on any atom is 0.188 e. The van der Waals surface area contributed by atoms with E-state index < -0.39 is 0 Å². The zero-order chi connectivity index (χ0) is 14.3. The van der Waals surface area contributed by atoms with Gasteiger partial charge < -0.3 is 15.8 Å². The van der Waals surface area contributed by atoms with Crippen LogP contribution in [0.25, 0.3) is 0 Å². The highest BCUT2D eigenvalue weighted by Gasteiger charge is 1.99. The summed E-state index contributed by atoms with van der Waals surface area (Å²) in [6, 6.07) is 7.94. The van der Waals surface area contributed by atoms with Crippen LogP contribution in [0.4, 0.5) is 0 Å². The summed E-state index contributed by atoms with van der Waals surface area (Å²) in [5, 5.41) is 3.09. The third-order valence-electron chi connectivity index (χ3n) is 2.42. The summed E-state index contributed by atoms with van der Waals surface area (Å²) in [6.07, 6.45) is 0.194. The fraction of sp³-hybridized carbons (Fsp3) is 0.533. The highest BCUT2D eigenvalue weighted by atomic mass is 16.5. The predicted molar refractivity (Wildman–Crippen MR) is 80.4 cm³/mol. The molecule has 0 aliphatic carbocycles. The second-order valence-corrected chi connectivity index (χ2v) is 5.29. The molecule has 4 heteroatoms. The Kier molecular flexibility index (Phi) is 6.19. The fourth-order valence-electron chi connectivity index (χ4n) is 1.49. The summed E-state index contributed by atoms with van der Waals surface area (Å²) in [4.78, 5) is 4.30. The fourth-order valence-corrected chi connectivity index (χ4v) is 1.49. The van der Waals surface area contributed by atoms with Gasteiger partial charge in [-0.3, -0.25) is 0 Å². The van der Waals surface area contributed by atoms with E-state index in [4.69, 9.17) is 10.5 Å². The molecule has 0 unspecified atom stereocenters. The molecule has 1 rings (SSSR count). The van der Waals surface area contributed by atoms with Gasteiger partial charge in [0.15, 0.2) is 5.96 Å². The number of benzene rings is 1. The van der Waals surface area contributed by atoms with E-state index in [9.17, 15) is 0 Å². The van der Waals surface area contributed by atoms with E-state index in [0.29, 0.717) is 18.4 Å². The van der Waals surface area contributed by atoms with Gasteiger partial charge in [-0.1, -0.05) is 26.0 Å². The first-order chi connectivity index (χ1) is 8.97. The highest BCUT2D eigenvalue weighted by molar-refractivity contribution is 5.77. The van der Waals surface area contributed by atoms with Crippen molar-refractivity contribution in [3.05, 3.63) is 29.8 Å². The van der Waals surface area contributed by atoms with Crippen molar-refractivity contribution in [3.8, 4) is 5.75 Å². The van der Waals surface area contributed by atoms with Gasteiger partial charge in [-0.15, -0.1) is 0 Å². The van der Waals surface area contributed by atoms with Crippen molar-refractivity contribution in [2.75, 3.05) is 6.54 Å². The molecular weight excluding hydrogens is 238 g/mol. The molecule has 0 aliphatic heterocycles. The van der Waals surface area contributed by atoms with Crippen LogP contribution in [-0.2, 0) is 6.54 Å². The van der Waals surface area contributed by atoms with Crippen molar-refractivity contribution in [1.82, 2.24) is 5.32 Å². The van der Waals surface area contributed by atoms with E-state index in [1.807, 2.05) is 38.1 Å². The van der Waals surface area contributed by atoms with Gasteiger partial charge in [0, 0.05) is 6.54 Å². The topological polar surface area (TPSA) is 59.6 Å². The molecule has 106 valence electrons. The van der Waals surface area contributed by atoms with E-state index in [2.05, 4.69) is 24.2 Å². The van der Waals surface area contributed by atoms with Crippen LogP contribution in [0.5, 0.6) is 5.75 Å². The smallest absolute Gasteiger partial charge is 0.188 e. The van der Waals surface area contributed by atoms with Crippen LogP contribution < -0.4 is 15.8 Å². The van der Waals surface area contributed by atoms with Gasteiger partial charge >= 0.3 is 0 Å². The molecule has 0 fully saturated rings. The number of aliphatic imine (C=N–C) groups is 1. The van der Waals surface area contributed by atoms with E-state index in [1.165, 1.54) is 0 Å². The first-order valence-electron chi connectivity index (χ1n) is 6.76. The standard InChI is InChI=1S/C15H25N3O/c1-11(2)9-17-15(16)18-10-13-5-7-14(8-6-13)19-12(3)4/h5-8,11-12H,9-10H2,1-4H3,(H3,16,17,18). The minimum Gasteiger partial charge on any atom is -0.491 e. The van der Waals surface area contributed by atoms with Crippen molar-refractivity contribution < 1.29 is 4.74 Å². The summed E-state index contributed by atoms with van der Waals surface area (Å²) in [7, 11) is 0. The zero-order valence-electron chi connectivity index (χ0n) is 12.3. The molecule has 4 nitrogen and oxygen atoms in total. The van der Waals surface area contributed by atoms with E-state index in [1.54, 1.807) is 0 Å². The van der Waals surface area contributed by atoms with Crippen molar-refractivity contribution in [2.45, 2.75) is 40.3 Å². The third-order valence-corrected chi connectivity index (χ3v) is 2.42. The monoisotopic (exact) mass is 263 g/mol. The number of guanidine groups is 1. The molecule has 0 spiro atoms. The molecule has 0 bridgehead atoms. The largest absolute Gasteiger partial charge is 0.491 e. The van der Waals surface area contributed by atoms with Gasteiger partial charge in [0.1, 0.15) is 5.75 Å². The van der Waals surface area contributed by atoms with Gasteiger partial charge in [0.05, 0.1) is 12.6 Å². The number of hydrogen-bond acceptors (Lipinski definition) is 2. The first kappa shape index (κ1) is 15.3. The molecule has 0 aromatic heterocycles. The van der Waals surface area contributed by atoms with Crippen molar-refractivity contribution >= 4 is 5.96 Å². The Morgan fingerprint density at radius 2 is 1.84 bits per heavy atom. The minimum atomic E-state index is 0.194. The number of nitrogens with one attached hydrogen (secondary N) is 1. The lowest BCUT2D eigenvalue weighted by atomic mass is 10.2. The lowest BCUT2D eigenvalue weighted by Crippen LogP contribution is -2.34. The molecule has 0 amide bonds. The van der Waals surface area contributed by atoms with E-state index in [0.717, 1.165) is 17.9 Å². The lowest BCUT2D eigenvalue weighted by molar-refractivity contribution is 0.242. The maximum atomic E-state index is 5.78. The predicted octanol–water partition coefficient (Wildman–Crippen LogP) is 2.53. The Hall–Kier alpha value is -1.71. The number of nitrogens with zero attached hydrogens (tertiary/aromatic N) is 1. The quantitative estimate of drug-likeness (QED) is 0.612. The van der Waals surface area contributed by atoms with Crippen LogP contribution in [0.3, 0.4) is 0 Å². The summed E-state index contributed by atoms with van der Waals surface area (Å²) in [5.41, 5.74) is 6.90. The second kappa shape index (κ2) is 7.67. The molecule has 0 radical (unpaired) electrons. The summed E-state index contributed by atoms with van der Waals surface area (Å²) in [5.74, 6) is 1.94. The first-order valence-corrected chi connectivity index (χ1v) is 6.76. The lowest BCUT2D eigenvalue weighted by Gasteiger charge is -2.10. The maximum absolute atomic E-state index is 5.78. The molecule has 19 heavy (non-hydrogen) atoms.